The lowest BCUT2D eigenvalue weighted by molar-refractivity contribution is -0.118. The van der Waals surface area contributed by atoms with Crippen molar-refractivity contribution in [3.05, 3.63) is 64.6 Å². The number of rotatable bonds is 3. The molecule has 1 saturated heterocycles. The second-order valence-corrected chi connectivity index (χ2v) is 7.93. The molecule has 1 aromatic carbocycles. The van der Waals surface area contributed by atoms with Crippen molar-refractivity contribution in [2.75, 3.05) is 6.54 Å². The van der Waals surface area contributed by atoms with Crippen LogP contribution < -0.4 is 4.74 Å². The molecule has 3 aromatic rings. The van der Waals surface area contributed by atoms with Gasteiger partial charge in [-0.25, -0.2) is 4.98 Å². The average molecular weight is 375 g/mol. The van der Waals surface area contributed by atoms with Gasteiger partial charge in [0.15, 0.2) is 11.4 Å². The van der Waals surface area contributed by atoms with E-state index in [-0.39, 0.29) is 12.1 Å². The number of carbonyl (C=O) groups excluding carboxylic acids is 1. The van der Waals surface area contributed by atoms with E-state index in [1.807, 2.05) is 17.9 Å². The van der Waals surface area contributed by atoms with Crippen LogP contribution in [-0.4, -0.2) is 27.2 Å². The Kier molecular flexibility index (Phi) is 4.11. The number of fused-ring (bicyclic) bond motifs is 3. The molecule has 0 radical (unpaired) electrons. The van der Waals surface area contributed by atoms with Crippen LogP contribution in [-0.2, 0) is 11.2 Å². The van der Waals surface area contributed by atoms with Crippen molar-refractivity contribution >= 4 is 12.1 Å². The minimum absolute atomic E-state index is 0.0378. The molecule has 0 bridgehead atoms. The van der Waals surface area contributed by atoms with Crippen molar-refractivity contribution in [3.63, 3.8) is 0 Å². The third-order valence-corrected chi connectivity index (χ3v) is 6.36. The van der Waals surface area contributed by atoms with Crippen LogP contribution in [0.3, 0.4) is 0 Å². The van der Waals surface area contributed by atoms with Crippen molar-refractivity contribution < 1.29 is 9.53 Å². The zero-order valence-electron chi connectivity index (χ0n) is 16.4. The minimum Gasteiger partial charge on any atom is -0.482 e. The predicted octanol–water partition coefficient (Wildman–Crippen LogP) is 4.31. The lowest BCUT2D eigenvalue weighted by Gasteiger charge is -2.31. The first kappa shape index (κ1) is 17.3. The Hall–Kier alpha value is -2.82. The Balaban J connectivity index is 1.67. The summed E-state index contributed by atoms with van der Waals surface area (Å²) in [5.74, 6) is 0.895. The Morgan fingerprint density at radius 3 is 2.79 bits per heavy atom. The molecule has 5 heteroatoms. The number of hydrogen-bond acceptors (Lipinski definition) is 3. The van der Waals surface area contributed by atoms with Crippen LogP contribution >= 0.6 is 0 Å². The topological polar surface area (TPSA) is 46.8 Å². The third-order valence-electron chi connectivity index (χ3n) is 6.36. The van der Waals surface area contributed by atoms with Crippen LogP contribution in [0, 0.1) is 13.8 Å². The van der Waals surface area contributed by atoms with Crippen LogP contribution in [0.1, 0.15) is 59.5 Å². The first-order valence-electron chi connectivity index (χ1n) is 10.1. The normalized spacial score (nSPS) is 21.6. The summed E-state index contributed by atoms with van der Waals surface area (Å²) in [7, 11) is 0. The highest BCUT2D eigenvalue weighted by Gasteiger charge is 2.33. The zero-order valence-corrected chi connectivity index (χ0v) is 16.4. The number of ether oxygens (including phenoxy) is 1. The first-order chi connectivity index (χ1) is 13.7. The van der Waals surface area contributed by atoms with Crippen LogP contribution in [0.5, 0.6) is 5.75 Å². The molecule has 1 amide bonds. The van der Waals surface area contributed by atoms with Crippen LogP contribution in [0.25, 0.3) is 5.65 Å². The zero-order chi connectivity index (χ0) is 19.3. The van der Waals surface area contributed by atoms with Gasteiger partial charge in [0.25, 0.3) is 0 Å². The number of aryl methyl sites for hydroxylation is 2. The lowest BCUT2D eigenvalue weighted by Crippen LogP contribution is -2.25. The Labute approximate surface area is 164 Å². The van der Waals surface area contributed by atoms with Gasteiger partial charge in [0, 0.05) is 24.0 Å². The molecule has 0 saturated carbocycles. The quantitative estimate of drug-likeness (QED) is 0.641. The highest BCUT2D eigenvalue weighted by Crippen LogP contribution is 2.44. The van der Waals surface area contributed by atoms with Crippen molar-refractivity contribution in [1.82, 2.24) is 14.3 Å². The minimum atomic E-state index is 0.0378. The largest absolute Gasteiger partial charge is 0.482 e. The standard InChI is InChI=1S/C23H25N3O2/c1-15-16(2)26-13-19(20-9-6-12-25(20)14-27)18-10-11-21(17-7-4-3-5-8-17)28-22(18)23(26)24-15/h3-5,7-8,13-14,20-21H,6,9-12H2,1-2H3/t20?,21-/m1/s1. The van der Waals surface area contributed by atoms with Gasteiger partial charge in [-0.15, -0.1) is 0 Å². The fourth-order valence-electron chi connectivity index (χ4n) is 4.73. The van der Waals surface area contributed by atoms with Gasteiger partial charge < -0.3 is 14.0 Å². The summed E-state index contributed by atoms with van der Waals surface area (Å²) in [6.45, 7) is 4.96. The maximum absolute atomic E-state index is 11.6. The molecule has 2 aromatic heterocycles. The third kappa shape index (κ3) is 2.60. The molecule has 0 N–H and O–H groups in total. The second-order valence-electron chi connectivity index (χ2n) is 7.93. The van der Waals surface area contributed by atoms with E-state index in [0.717, 1.165) is 61.4 Å². The summed E-state index contributed by atoms with van der Waals surface area (Å²) in [5.41, 5.74) is 6.68. The number of likely N-dealkylation sites (tertiary alicyclic amines) is 1. The summed E-state index contributed by atoms with van der Waals surface area (Å²) in [6.07, 6.45) is 7.16. The number of carbonyl (C=O) groups is 1. The smallest absolute Gasteiger partial charge is 0.210 e. The van der Waals surface area contributed by atoms with Crippen LogP contribution in [0.15, 0.2) is 36.5 Å². The van der Waals surface area contributed by atoms with Crippen molar-refractivity contribution in [1.29, 1.82) is 0 Å². The molecule has 0 aliphatic carbocycles. The number of benzene rings is 1. The number of hydrogen-bond donors (Lipinski definition) is 0. The predicted molar refractivity (Wildman–Crippen MR) is 108 cm³/mol. The highest BCUT2D eigenvalue weighted by atomic mass is 16.5. The fraction of sp³-hybridized carbons (Fsp3) is 0.391. The van der Waals surface area contributed by atoms with E-state index in [1.165, 1.54) is 16.7 Å². The van der Waals surface area contributed by atoms with Gasteiger partial charge in [0.2, 0.25) is 6.41 Å². The summed E-state index contributed by atoms with van der Waals surface area (Å²) >= 11 is 0. The monoisotopic (exact) mass is 375 g/mol. The van der Waals surface area contributed by atoms with E-state index < -0.39 is 0 Å². The number of aromatic nitrogens is 2. The average Bonchev–Trinajstić information content (AvgIpc) is 3.32. The van der Waals surface area contributed by atoms with Crippen molar-refractivity contribution in [2.45, 2.75) is 51.7 Å². The van der Waals surface area contributed by atoms with Gasteiger partial charge in [0.1, 0.15) is 6.10 Å². The molecule has 2 atom stereocenters. The fourth-order valence-corrected chi connectivity index (χ4v) is 4.73. The van der Waals surface area contributed by atoms with Gasteiger partial charge in [-0.2, -0.15) is 0 Å². The molecule has 1 fully saturated rings. The van der Waals surface area contributed by atoms with E-state index in [1.54, 1.807) is 0 Å². The molecule has 5 nitrogen and oxygen atoms in total. The Bertz CT molecular complexity index is 1040. The molecule has 1 unspecified atom stereocenters. The van der Waals surface area contributed by atoms with E-state index in [4.69, 9.17) is 9.72 Å². The molecular formula is C23H25N3O2. The Morgan fingerprint density at radius 2 is 2.00 bits per heavy atom. The number of pyridine rings is 1. The van der Waals surface area contributed by atoms with Gasteiger partial charge in [-0.05, 0) is 50.7 Å². The van der Waals surface area contributed by atoms with E-state index in [2.05, 4.69) is 41.8 Å². The molecule has 4 heterocycles. The number of amides is 1. The van der Waals surface area contributed by atoms with Crippen molar-refractivity contribution in [3.8, 4) is 5.75 Å². The summed E-state index contributed by atoms with van der Waals surface area (Å²) in [5, 5.41) is 0. The molecular weight excluding hydrogens is 350 g/mol. The molecule has 144 valence electrons. The van der Waals surface area contributed by atoms with Gasteiger partial charge in [0.05, 0.1) is 11.7 Å². The number of imidazole rings is 1. The summed E-state index contributed by atoms with van der Waals surface area (Å²) in [6, 6.07) is 10.5. The molecule has 2 aliphatic rings. The van der Waals surface area contributed by atoms with Crippen LogP contribution in [0.4, 0.5) is 0 Å². The first-order valence-corrected chi connectivity index (χ1v) is 10.1. The van der Waals surface area contributed by atoms with E-state index in [9.17, 15) is 4.79 Å². The highest BCUT2D eigenvalue weighted by molar-refractivity contribution is 5.64. The molecule has 28 heavy (non-hydrogen) atoms. The van der Waals surface area contributed by atoms with Crippen LogP contribution in [0.2, 0.25) is 0 Å². The molecule has 5 rings (SSSR count). The van der Waals surface area contributed by atoms with E-state index in [0.29, 0.717) is 0 Å². The summed E-state index contributed by atoms with van der Waals surface area (Å²) in [4.78, 5) is 18.4. The second kappa shape index (κ2) is 6.66. The lowest BCUT2D eigenvalue weighted by atomic mass is 9.92. The van der Waals surface area contributed by atoms with E-state index >= 15 is 0 Å². The maximum atomic E-state index is 11.6. The SMILES string of the molecule is Cc1nc2c3c(c(C4CCCN4C=O)cn2c1C)CC[C@H](c1ccccc1)O3. The van der Waals surface area contributed by atoms with Gasteiger partial charge >= 0.3 is 0 Å². The number of nitrogens with zero attached hydrogens (tertiary/aromatic N) is 3. The van der Waals surface area contributed by atoms with Gasteiger partial charge in [-0.3, -0.25) is 4.79 Å². The Morgan fingerprint density at radius 1 is 1.18 bits per heavy atom. The van der Waals surface area contributed by atoms with Gasteiger partial charge in [-0.1, -0.05) is 30.3 Å². The maximum Gasteiger partial charge on any atom is 0.210 e. The molecule has 2 aliphatic heterocycles. The van der Waals surface area contributed by atoms with Crippen molar-refractivity contribution in [2.24, 2.45) is 0 Å². The molecule has 0 spiro atoms. The summed E-state index contributed by atoms with van der Waals surface area (Å²) < 4.78 is 8.73.